The van der Waals surface area contributed by atoms with Gasteiger partial charge in [0.2, 0.25) is 0 Å². The lowest BCUT2D eigenvalue weighted by Gasteiger charge is -2.22. The zero-order valence-electron chi connectivity index (χ0n) is 13.9. The van der Waals surface area contributed by atoms with Crippen LogP contribution >= 0.6 is 0 Å². The van der Waals surface area contributed by atoms with Gasteiger partial charge >= 0.3 is 0 Å². The minimum Gasteiger partial charge on any atom is -0.755 e. The molecule has 6 nitrogen and oxygen atoms in total. The summed E-state index contributed by atoms with van der Waals surface area (Å²) in [6, 6.07) is 10.7. The van der Waals surface area contributed by atoms with Gasteiger partial charge in [-0.2, -0.15) is 0 Å². The summed E-state index contributed by atoms with van der Waals surface area (Å²) in [6.07, 6.45) is 2.20. The Morgan fingerprint density at radius 3 is 2.88 bits per heavy atom. The lowest BCUT2D eigenvalue weighted by atomic mass is 10.1. The van der Waals surface area contributed by atoms with E-state index in [-0.39, 0.29) is 5.69 Å². The minimum absolute atomic E-state index is 0.0387. The molecule has 3 aromatic rings. The first-order valence-corrected chi connectivity index (χ1v) is 9.03. The molecule has 1 aliphatic rings. The average Bonchev–Trinajstić information content (AvgIpc) is 3.07. The molecule has 0 bridgehead atoms. The molecule has 1 aliphatic heterocycles. The molecule has 0 saturated heterocycles. The van der Waals surface area contributed by atoms with E-state index < -0.39 is 17.1 Å². The number of halogens is 1. The molecule has 26 heavy (non-hydrogen) atoms. The predicted octanol–water partition coefficient (Wildman–Crippen LogP) is 3.28. The number of hydrogen-bond donors (Lipinski definition) is 1. The maximum Gasteiger partial charge on any atom is 0.152 e. The lowest BCUT2D eigenvalue weighted by Crippen LogP contribution is -2.14. The third-order valence-corrected chi connectivity index (χ3v) is 4.89. The topological polar surface area (TPSA) is 77.5 Å². The highest BCUT2D eigenvalue weighted by Crippen LogP contribution is 2.40. The summed E-state index contributed by atoms with van der Waals surface area (Å²) >= 11 is -2.56. The van der Waals surface area contributed by atoms with E-state index >= 15 is 0 Å². The Bertz CT molecular complexity index is 1030. The van der Waals surface area contributed by atoms with Crippen molar-refractivity contribution in [3.8, 4) is 5.75 Å². The van der Waals surface area contributed by atoms with Crippen LogP contribution in [0.1, 0.15) is 5.56 Å². The average molecular weight is 372 g/mol. The van der Waals surface area contributed by atoms with E-state index in [0.717, 1.165) is 28.0 Å². The number of anilines is 3. The summed E-state index contributed by atoms with van der Waals surface area (Å²) in [4.78, 5) is 6.40. The molecular formula is C18H15FN3O3S-. The molecule has 1 atom stereocenters. The van der Waals surface area contributed by atoms with Crippen LogP contribution in [0.3, 0.4) is 0 Å². The number of nitrogens with one attached hydrogen (secondary N) is 1. The van der Waals surface area contributed by atoms with Crippen LogP contribution in [0.25, 0.3) is 10.9 Å². The largest absolute Gasteiger partial charge is 0.755 e. The molecule has 2 aromatic carbocycles. The van der Waals surface area contributed by atoms with Crippen molar-refractivity contribution in [1.82, 2.24) is 4.98 Å². The van der Waals surface area contributed by atoms with E-state index in [1.807, 2.05) is 29.2 Å². The van der Waals surface area contributed by atoms with Crippen molar-refractivity contribution in [3.63, 3.8) is 0 Å². The first-order valence-electron chi connectivity index (χ1n) is 7.96. The normalized spacial score (nSPS) is 14.3. The lowest BCUT2D eigenvalue weighted by molar-refractivity contribution is 0.415. The van der Waals surface area contributed by atoms with Crippen molar-refractivity contribution in [2.45, 2.75) is 6.42 Å². The van der Waals surface area contributed by atoms with Crippen LogP contribution in [0.5, 0.6) is 5.75 Å². The van der Waals surface area contributed by atoms with E-state index in [1.165, 1.54) is 6.07 Å². The van der Waals surface area contributed by atoms with Gasteiger partial charge in [0.15, 0.2) is 5.82 Å². The highest BCUT2D eigenvalue weighted by atomic mass is 32.2. The van der Waals surface area contributed by atoms with Gasteiger partial charge in [-0.25, -0.2) is 4.39 Å². The molecule has 0 radical (unpaired) electrons. The monoisotopic (exact) mass is 372 g/mol. The fraction of sp³-hybridized carbons (Fsp3) is 0.167. The number of methoxy groups -OCH3 is 1. The molecule has 0 saturated carbocycles. The fourth-order valence-corrected chi connectivity index (χ4v) is 3.68. The van der Waals surface area contributed by atoms with Crippen LogP contribution in [0, 0.1) is 5.82 Å². The van der Waals surface area contributed by atoms with Gasteiger partial charge < -0.3 is 18.9 Å². The smallest absolute Gasteiger partial charge is 0.152 e. The second-order valence-electron chi connectivity index (χ2n) is 5.88. The van der Waals surface area contributed by atoms with Crippen LogP contribution in [0.15, 0.2) is 42.6 Å². The molecule has 2 heterocycles. The van der Waals surface area contributed by atoms with Gasteiger partial charge in [0.25, 0.3) is 0 Å². The molecule has 0 fully saturated rings. The van der Waals surface area contributed by atoms with Crippen LogP contribution in [-0.4, -0.2) is 27.4 Å². The zero-order valence-corrected chi connectivity index (χ0v) is 14.7. The summed E-state index contributed by atoms with van der Waals surface area (Å²) < 4.78 is 43.6. The van der Waals surface area contributed by atoms with Crippen molar-refractivity contribution in [1.29, 1.82) is 0 Å². The van der Waals surface area contributed by atoms with E-state index in [1.54, 1.807) is 19.4 Å². The third kappa shape index (κ3) is 2.77. The van der Waals surface area contributed by atoms with Crippen LogP contribution in [0.2, 0.25) is 0 Å². The maximum atomic E-state index is 14.6. The summed E-state index contributed by atoms with van der Waals surface area (Å²) in [5, 5.41) is 0.935. The minimum atomic E-state index is -2.56. The van der Waals surface area contributed by atoms with Crippen molar-refractivity contribution >= 4 is 39.2 Å². The van der Waals surface area contributed by atoms with E-state index in [4.69, 9.17) is 4.74 Å². The predicted molar refractivity (Wildman–Crippen MR) is 97.9 cm³/mol. The Balaban J connectivity index is 1.80. The standard InChI is InChI=1S/C18H16FN3O3S/c1-25-11-2-3-12-15(10-11)20-8-6-17(12)22-9-7-13-16(22)5-4-14(18(13)19)21-26(23)24/h2-6,8,10,21H,7,9H2,1H3,(H,23,24)/p-1. The van der Waals surface area contributed by atoms with Gasteiger partial charge in [-0.3, -0.25) is 9.19 Å². The zero-order chi connectivity index (χ0) is 18.3. The van der Waals surface area contributed by atoms with Gasteiger partial charge in [-0.15, -0.1) is 0 Å². The quantitative estimate of drug-likeness (QED) is 0.711. The molecular weight excluding hydrogens is 357 g/mol. The maximum absolute atomic E-state index is 14.6. The molecule has 8 heteroatoms. The Morgan fingerprint density at radius 1 is 1.27 bits per heavy atom. The summed E-state index contributed by atoms with van der Waals surface area (Å²) in [5.41, 5.74) is 2.90. The SMILES string of the molecule is COc1ccc2c(N3CCc4c3ccc(NS(=O)[O-])c4F)ccnc2c1. The van der Waals surface area contributed by atoms with E-state index in [9.17, 15) is 13.2 Å². The summed E-state index contributed by atoms with van der Waals surface area (Å²) in [7, 11) is 1.60. The summed E-state index contributed by atoms with van der Waals surface area (Å²) in [5.74, 6) is 0.186. The fourth-order valence-electron chi connectivity index (χ4n) is 3.34. The van der Waals surface area contributed by atoms with Gasteiger partial charge in [-0.1, -0.05) is 0 Å². The summed E-state index contributed by atoms with van der Waals surface area (Å²) in [6.45, 7) is 0.599. The molecule has 0 aliphatic carbocycles. The molecule has 0 spiro atoms. The van der Waals surface area contributed by atoms with Crippen LogP contribution in [0.4, 0.5) is 21.5 Å². The van der Waals surface area contributed by atoms with Gasteiger partial charge in [0.1, 0.15) is 5.75 Å². The molecule has 1 N–H and O–H groups in total. The highest BCUT2D eigenvalue weighted by Gasteiger charge is 2.26. The molecule has 1 unspecified atom stereocenters. The van der Waals surface area contributed by atoms with E-state index in [2.05, 4.69) is 9.71 Å². The number of pyridine rings is 1. The van der Waals surface area contributed by atoms with Gasteiger partial charge in [0, 0.05) is 46.7 Å². The second-order valence-corrected chi connectivity index (χ2v) is 6.55. The van der Waals surface area contributed by atoms with Gasteiger partial charge in [-0.05, 0) is 36.8 Å². The highest BCUT2D eigenvalue weighted by molar-refractivity contribution is 7.80. The van der Waals surface area contributed by atoms with E-state index in [0.29, 0.717) is 18.5 Å². The molecule has 134 valence electrons. The molecule has 4 rings (SSSR count). The number of nitrogens with zero attached hydrogens (tertiary/aromatic N) is 2. The first-order chi connectivity index (χ1) is 12.6. The van der Waals surface area contributed by atoms with Crippen molar-refractivity contribution in [3.05, 3.63) is 54.0 Å². The third-order valence-electron chi connectivity index (χ3n) is 4.51. The Kier molecular flexibility index (Phi) is 4.21. The Hall–Kier alpha value is -2.71. The number of fused-ring (bicyclic) bond motifs is 2. The van der Waals surface area contributed by atoms with Gasteiger partial charge in [0.05, 0.1) is 24.0 Å². The molecule has 1 aromatic heterocycles. The molecule has 0 amide bonds. The number of hydrogen-bond acceptors (Lipinski definition) is 5. The number of ether oxygens (including phenoxy) is 1. The Morgan fingerprint density at radius 2 is 2.12 bits per heavy atom. The first kappa shape index (κ1) is 16.7. The number of aromatic nitrogens is 1. The number of rotatable bonds is 4. The number of benzene rings is 2. The second kappa shape index (κ2) is 6.54. The Labute approximate surface area is 152 Å². The van der Waals surface area contributed by atoms with Crippen molar-refractivity contribution in [2.75, 3.05) is 23.3 Å². The van der Waals surface area contributed by atoms with Crippen molar-refractivity contribution in [2.24, 2.45) is 0 Å². The van der Waals surface area contributed by atoms with Crippen LogP contribution in [-0.2, 0) is 17.7 Å². The van der Waals surface area contributed by atoms with Crippen molar-refractivity contribution < 1.29 is 17.9 Å². The van der Waals surface area contributed by atoms with Crippen LogP contribution < -0.4 is 14.4 Å².